The van der Waals surface area contributed by atoms with E-state index in [4.69, 9.17) is 5.11 Å². The summed E-state index contributed by atoms with van der Waals surface area (Å²) in [6, 6.07) is 0. The lowest BCUT2D eigenvalue weighted by Gasteiger charge is -2.37. The molecule has 94 valence electrons. The number of nitrogens with zero attached hydrogens (tertiary/aromatic N) is 1. The number of carbonyl (C=O) groups excluding carboxylic acids is 1. The van der Waals surface area contributed by atoms with Gasteiger partial charge in [-0.15, -0.1) is 0 Å². The summed E-state index contributed by atoms with van der Waals surface area (Å²) >= 11 is 0. The highest BCUT2D eigenvalue weighted by molar-refractivity contribution is 5.92. The highest BCUT2D eigenvalue weighted by atomic mass is 16.3. The Morgan fingerprint density at radius 3 is 2.44 bits per heavy atom. The van der Waals surface area contributed by atoms with Gasteiger partial charge >= 0.3 is 0 Å². The summed E-state index contributed by atoms with van der Waals surface area (Å²) in [6.07, 6.45) is 1.67. The van der Waals surface area contributed by atoms with Gasteiger partial charge in [0, 0.05) is 25.0 Å². The summed E-state index contributed by atoms with van der Waals surface area (Å²) in [4.78, 5) is 11.6. The summed E-state index contributed by atoms with van der Waals surface area (Å²) in [5, 5.41) is 11.8. The molecule has 0 aliphatic heterocycles. The lowest BCUT2D eigenvalue weighted by atomic mass is 10.2. The van der Waals surface area contributed by atoms with E-state index in [-0.39, 0.29) is 18.7 Å². The van der Waals surface area contributed by atoms with Crippen molar-refractivity contribution in [2.75, 3.05) is 27.2 Å². The number of carbonyl (C=O) groups is 1. The molecule has 0 rings (SSSR count). The molecule has 0 aliphatic rings. The van der Waals surface area contributed by atoms with Gasteiger partial charge in [0.1, 0.15) is 0 Å². The monoisotopic (exact) mass is 229 g/mol. The molecule has 16 heavy (non-hydrogen) atoms. The summed E-state index contributed by atoms with van der Waals surface area (Å²) in [6.45, 7) is 8.40. The van der Waals surface area contributed by atoms with Crippen LogP contribution in [0.2, 0.25) is 0 Å². The average Bonchev–Trinajstić information content (AvgIpc) is 2.22. The number of nitrogens with one attached hydrogen (secondary N) is 1. The lowest BCUT2D eigenvalue weighted by Crippen LogP contribution is -2.57. The number of rotatable bonds is 7. The second-order valence-electron chi connectivity index (χ2n) is 4.76. The Bertz CT molecular complexity index is 249. The van der Waals surface area contributed by atoms with E-state index in [1.54, 1.807) is 6.92 Å². The Labute approximate surface area is 98.5 Å². The third-order valence-corrected chi connectivity index (χ3v) is 2.81. The standard InChI is InChI=1S/C12H24N2O2/c1-6-11(13-12(16)10(2)3)14(4,5)8-7-9-15/h11,15H,2,6-9H2,1,3-5H3/p+1. The molecule has 0 aromatic rings. The lowest BCUT2D eigenvalue weighted by molar-refractivity contribution is -0.917. The van der Waals surface area contributed by atoms with Crippen molar-refractivity contribution in [3.05, 3.63) is 12.2 Å². The van der Waals surface area contributed by atoms with Crippen LogP contribution in [0.3, 0.4) is 0 Å². The predicted octanol–water partition coefficient (Wildman–Crippen LogP) is 0.874. The van der Waals surface area contributed by atoms with Crippen LogP contribution in [-0.4, -0.2) is 48.9 Å². The van der Waals surface area contributed by atoms with Gasteiger partial charge in [0.15, 0.2) is 6.17 Å². The molecule has 0 heterocycles. The predicted molar refractivity (Wildman–Crippen MR) is 65.7 cm³/mol. The van der Waals surface area contributed by atoms with E-state index < -0.39 is 0 Å². The molecule has 0 radical (unpaired) electrons. The van der Waals surface area contributed by atoms with E-state index in [9.17, 15) is 4.79 Å². The van der Waals surface area contributed by atoms with Gasteiger partial charge in [-0.1, -0.05) is 13.5 Å². The van der Waals surface area contributed by atoms with Crippen LogP contribution in [0.15, 0.2) is 12.2 Å². The third-order valence-electron chi connectivity index (χ3n) is 2.81. The SMILES string of the molecule is C=C(C)C(=O)NC(CC)[N+](C)(C)CCCO. The van der Waals surface area contributed by atoms with Gasteiger partial charge in [0.25, 0.3) is 5.91 Å². The smallest absolute Gasteiger partial charge is 0.250 e. The number of quaternary nitrogens is 1. The second kappa shape index (κ2) is 6.66. The van der Waals surface area contributed by atoms with Gasteiger partial charge in [0.2, 0.25) is 0 Å². The quantitative estimate of drug-likeness (QED) is 0.387. The molecule has 0 aromatic carbocycles. The van der Waals surface area contributed by atoms with Crippen molar-refractivity contribution in [3.8, 4) is 0 Å². The van der Waals surface area contributed by atoms with E-state index >= 15 is 0 Å². The molecule has 1 unspecified atom stereocenters. The maximum absolute atomic E-state index is 11.6. The maximum Gasteiger partial charge on any atom is 0.250 e. The molecule has 4 heteroatoms. The van der Waals surface area contributed by atoms with Gasteiger partial charge in [-0.25, -0.2) is 0 Å². The molecule has 0 spiro atoms. The van der Waals surface area contributed by atoms with Crippen LogP contribution in [-0.2, 0) is 4.79 Å². The zero-order chi connectivity index (χ0) is 12.8. The molecule has 0 bridgehead atoms. The first kappa shape index (κ1) is 15.1. The minimum atomic E-state index is -0.0953. The Balaban J connectivity index is 4.46. The first-order chi connectivity index (χ1) is 7.35. The van der Waals surface area contributed by atoms with E-state index in [2.05, 4.69) is 26.0 Å². The van der Waals surface area contributed by atoms with Crippen molar-refractivity contribution in [3.63, 3.8) is 0 Å². The molecule has 0 aromatic heterocycles. The zero-order valence-electron chi connectivity index (χ0n) is 10.9. The van der Waals surface area contributed by atoms with Crippen molar-refractivity contribution in [1.82, 2.24) is 5.32 Å². The maximum atomic E-state index is 11.6. The Hall–Kier alpha value is -0.870. The normalized spacial score (nSPS) is 13.3. The summed E-state index contributed by atoms with van der Waals surface area (Å²) < 4.78 is 0.677. The largest absolute Gasteiger partial charge is 0.396 e. The Morgan fingerprint density at radius 2 is 2.06 bits per heavy atom. The van der Waals surface area contributed by atoms with E-state index in [1.165, 1.54) is 0 Å². The van der Waals surface area contributed by atoms with Gasteiger partial charge in [-0.2, -0.15) is 0 Å². The van der Waals surface area contributed by atoms with Crippen LogP contribution in [0.5, 0.6) is 0 Å². The second-order valence-corrected chi connectivity index (χ2v) is 4.76. The van der Waals surface area contributed by atoms with Gasteiger partial charge < -0.3 is 14.9 Å². The fourth-order valence-electron chi connectivity index (χ4n) is 1.68. The van der Waals surface area contributed by atoms with E-state index in [1.807, 2.05) is 6.92 Å². The van der Waals surface area contributed by atoms with Gasteiger partial charge in [-0.3, -0.25) is 4.79 Å². The first-order valence-corrected chi connectivity index (χ1v) is 5.75. The molecule has 0 saturated heterocycles. The number of aliphatic hydroxyl groups excluding tert-OH is 1. The molecule has 0 fully saturated rings. The van der Waals surface area contributed by atoms with Crippen LogP contribution < -0.4 is 5.32 Å². The Kier molecular flexibility index (Phi) is 6.29. The number of aliphatic hydroxyl groups is 1. The van der Waals surface area contributed by atoms with E-state index in [0.717, 1.165) is 19.4 Å². The van der Waals surface area contributed by atoms with Crippen LogP contribution in [0, 0.1) is 0 Å². The minimum Gasteiger partial charge on any atom is -0.396 e. The van der Waals surface area contributed by atoms with Crippen molar-refractivity contribution in [2.24, 2.45) is 0 Å². The van der Waals surface area contributed by atoms with Crippen LogP contribution >= 0.6 is 0 Å². The van der Waals surface area contributed by atoms with Crippen LogP contribution in [0.25, 0.3) is 0 Å². The highest BCUT2D eigenvalue weighted by Gasteiger charge is 2.27. The molecule has 0 aliphatic carbocycles. The van der Waals surface area contributed by atoms with Crippen molar-refractivity contribution < 1.29 is 14.4 Å². The molecular weight excluding hydrogens is 204 g/mol. The number of amides is 1. The number of hydrogen-bond donors (Lipinski definition) is 2. The van der Waals surface area contributed by atoms with Crippen LogP contribution in [0.1, 0.15) is 26.7 Å². The minimum absolute atomic E-state index is 0.0655. The van der Waals surface area contributed by atoms with Crippen LogP contribution in [0.4, 0.5) is 0 Å². The third kappa shape index (κ3) is 4.77. The fourth-order valence-corrected chi connectivity index (χ4v) is 1.68. The van der Waals surface area contributed by atoms with Crippen molar-refractivity contribution >= 4 is 5.91 Å². The first-order valence-electron chi connectivity index (χ1n) is 5.75. The van der Waals surface area contributed by atoms with Crippen molar-refractivity contribution in [1.29, 1.82) is 0 Å². The molecule has 1 atom stereocenters. The molecular formula is C12H25N2O2+. The van der Waals surface area contributed by atoms with Gasteiger partial charge in [0.05, 0.1) is 20.6 Å². The van der Waals surface area contributed by atoms with Gasteiger partial charge in [-0.05, 0) is 6.92 Å². The number of hydrogen-bond acceptors (Lipinski definition) is 2. The zero-order valence-corrected chi connectivity index (χ0v) is 10.9. The summed E-state index contributed by atoms with van der Waals surface area (Å²) in [5.74, 6) is -0.0953. The summed E-state index contributed by atoms with van der Waals surface area (Å²) in [7, 11) is 4.12. The Morgan fingerprint density at radius 1 is 1.50 bits per heavy atom. The van der Waals surface area contributed by atoms with Crippen molar-refractivity contribution in [2.45, 2.75) is 32.9 Å². The molecule has 1 amide bonds. The topological polar surface area (TPSA) is 49.3 Å². The van der Waals surface area contributed by atoms with E-state index in [0.29, 0.717) is 10.1 Å². The highest BCUT2D eigenvalue weighted by Crippen LogP contribution is 2.09. The molecule has 0 saturated carbocycles. The molecule has 2 N–H and O–H groups in total. The fraction of sp³-hybridized carbons (Fsp3) is 0.750. The summed E-state index contributed by atoms with van der Waals surface area (Å²) in [5.41, 5.74) is 0.528. The molecule has 4 nitrogen and oxygen atoms in total. The average molecular weight is 229 g/mol.